The summed E-state index contributed by atoms with van der Waals surface area (Å²) >= 11 is 3.53. The summed E-state index contributed by atoms with van der Waals surface area (Å²) in [6.07, 6.45) is 4.38. The van der Waals surface area contributed by atoms with Crippen molar-refractivity contribution in [1.29, 1.82) is 10.5 Å². The monoisotopic (exact) mass is 1190 g/mol. The Hall–Kier alpha value is -8.92. The summed E-state index contributed by atoms with van der Waals surface area (Å²) in [6.45, 7) is 18.5. The largest absolute Gasteiger partial charge is 0.497 e. The number of nitrogens with two attached hydrogens (primary N) is 1. The number of halogens is 1. The van der Waals surface area contributed by atoms with Gasteiger partial charge in [0.2, 0.25) is 0 Å². The van der Waals surface area contributed by atoms with Crippen molar-refractivity contribution in [3.63, 3.8) is 0 Å². The van der Waals surface area contributed by atoms with Crippen LogP contribution in [0.25, 0.3) is 22.1 Å². The number of nitrogens with one attached hydrogen (secondary N) is 1. The number of aryl methyl sites for hydroxylation is 2. The molecular formula is C62H69BrN12O8. The molecule has 432 valence electrons. The zero-order valence-corrected chi connectivity index (χ0v) is 50.0. The van der Waals surface area contributed by atoms with Crippen LogP contribution in [0, 0.1) is 36.5 Å². The minimum Gasteiger partial charge on any atom is -0.497 e. The van der Waals surface area contributed by atoms with Gasteiger partial charge < -0.3 is 49.3 Å². The van der Waals surface area contributed by atoms with Gasteiger partial charge in [-0.3, -0.25) is 0 Å². The Bertz CT molecular complexity index is 3670. The number of carbonyl (C=O) groups excluding carboxylic acids is 2. The van der Waals surface area contributed by atoms with Crippen molar-refractivity contribution >= 4 is 56.0 Å². The van der Waals surface area contributed by atoms with E-state index >= 15 is 0 Å². The Balaban J connectivity index is 0.000000185. The molecule has 0 bridgehead atoms. The maximum absolute atomic E-state index is 12.7. The molecule has 83 heavy (non-hydrogen) atoms. The molecule has 4 aromatic carbocycles. The van der Waals surface area contributed by atoms with Crippen molar-refractivity contribution in [3.8, 4) is 46.6 Å². The van der Waals surface area contributed by atoms with E-state index < -0.39 is 11.2 Å². The first kappa shape index (κ1) is 60.2. The molecule has 2 aliphatic rings. The fourth-order valence-corrected chi connectivity index (χ4v) is 9.68. The Morgan fingerprint density at radius 1 is 0.639 bits per heavy atom. The number of amides is 2. The number of nitrogens with zero attached hydrogens (tertiary/aromatic N) is 10. The van der Waals surface area contributed by atoms with Crippen molar-refractivity contribution in [3.05, 3.63) is 147 Å². The number of rotatable bonds is 12. The predicted octanol–water partition coefficient (Wildman–Crippen LogP) is 12.1. The Labute approximate surface area is 491 Å². The molecule has 4 aromatic heterocycles. The van der Waals surface area contributed by atoms with Crippen molar-refractivity contribution in [2.75, 3.05) is 45.7 Å². The van der Waals surface area contributed by atoms with E-state index in [1.807, 2.05) is 125 Å². The zero-order chi connectivity index (χ0) is 59.6. The zero-order valence-electron chi connectivity index (χ0n) is 48.4. The molecule has 0 radical (unpaired) electrons. The van der Waals surface area contributed by atoms with E-state index in [2.05, 4.69) is 48.5 Å². The first-order valence-corrected chi connectivity index (χ1v) is 27.9. The lowest BCUT2D eigenvalue weighted by atomic mass is 10.1. The molecule has 0 unspecified atom stereocenters. The van der Waals surface area contributed by atoms with E-state index in [-0.39, 0.29) is 24.3 Å². The fraction of sp³-hybridized carbons (Fsp3) is 0.355. The van der Waals surface area contributed by atoms with Gasteiger partial charge in [0.15, 0.2) is 17.1 Å². The standard InChI is InChI=1S/C31H34N6O4.C22H17BrN4O2.C9H18N2O2/c1-20-6-11-25(22(16-20)17-32)40-26-12-14-33-29-27(26)28(35-37(29)18-21-7-9-24(39-5)10-8-21)34-23-13-15-36(19-23)30(38)41-31(2,3)4;1-14-3-8-18(16(11-14)12-24)29-19-9-10-25-22-20(19)21(23)26-27(22)13-15-4-6-17(28-2)7-5-15;1-9(2,3)13-8(12)11-5-4-7(10)6-11/h6-12,14,16,23H,13,15,18-19H2,1-5H3,(H,34,35);3-11H,13H2,1-2H3;7H,4-6,10H2,1-3H3/t23-;;7-/m1.1/s1. The molecule has 2 amide bonds. The minimum atomic E-state index is -0.560. The summed E-state index contributed by atoms with van der Waals surface area (Å²) < 4.78 is 38.0. The van der Waals surface area contributed by atoms with Crippen LogP contribution in [0.15, 0.2) is 114 Å². The van der Waals surface area contributed by atoms with Crippen molar-refractivity contribution in [2.45, 2.75) is 105 Å². The van der Waals surface area contributed by atoms with Crippen LogP contribution in [-0.4, -0.2) is 115 Å². The molecule has 3 N–H and O–H groups in total. The van der Waals surface area contributed by atoms with Crippen LogP contribution < -0.4 is 30.0 Å². The summed E-state index contributed by atoms with van der Waals surface area (Å²) in [5.41, 5.74) is 11.0. The van der Waals surface area contributed by atoms with Gasteiger partial charge in [0.1, 0.15) is 67.8 Å². The molecule has 2 atom stereocenters. The highest BCUT2D eigenvalue weighted by molar-refractivity contribution is 9.10. The molecule has 0 aliphatic carbocycles. The van der Waals surface area contributed by atoms with Crippen molar-refractivity contribution in [2.24, 2.45) is 5.73 Å². The van der Waals surface area contributed by atoms with Crippen LogP contribution in [0.2, 0.25) is 0 Å². The van der Waals surface area contributed by atoms with Crippen LogP contribution in [0.4, 0.5) is 15.4 Å². The van der Waals surface area contributed by atoms with Crippen molar-refractivity contribution in [1.82, 2.24) is 39.3 Å². The van der Waals surface area contributed by atoms with Gasteiger partial charge in [-0.25, -0.2) is 28.9 Å². The van der Waals surface area contributed by atoms with Gasteiger partial charge >= 0.3 is 12.2 Å². The summed E-state index contributed by atoms with van der Waals surface area (Å²) in [5.74, 6) is 4.25. The highest BCUT2D eigenvalue weighted by atomic mass is 79.9. The van der Waals surface area contributed by atoms with Crippen LogP contribution >= 0.6 is 15.9 Å². The highest BCUT2D eigenvalue weighted by Gasteiger charge is 2.32. The SMILES string of the molecule is CC(C)(C)OC(=O)N1CC[C@@H](N)C1.COc1ccc(Cn2nc(Br)c3c(Oc4ccc(C)cc4C#N)ccnc32)cc1.COc1ccc(Cn2nc(N[C@@H]3CCN(C(=O)OC(C)(C)C)C3)c3c(Oc4ccc(C)cc4C#N)ccnc32)cc1. The number of benzene rings is 4. The number of pyridine rings is 2. The van der Waals surface area contributed by atoms with Crippen LogP contribution in [0.5, 0.6) is 34.5 Å². The molecule has 2 saturated heterocycles. The fourth-order valence-electron chi connectivity index (χ4n) is 9.12. The number of fused-ring (bicyclic) bond motifs is 2. The minimum absolute atomic E-state index is 0.0443. The van der Waals surface area contributed by atoms with Crippen molar-refractivity contribution < 1.29 is 38.0 Å². The number of aromatic nitrogens is 6. The van der Waals surface area contributed by atoms with Gasteiger partial charge in [-0.2, -0.15) is 20.7 Å². The molecule has 21 heteroatoms. The second-order valence-electron chi connectivity index (χ2n) is 22.1. The Morgan fingerprint density at radius 2 is 1.10 bits per heavy atom. The molecule has 2 fully saturated rings. The number of nitriles is 2. The number of likely N-dealkylation sites (tertiary alicyclic amines) is 2. The molecule has 10 rings (SSSR count). The lowest BCUT2D eigenvalue weighted by molar-refractivity contribution is 0.0282. The third-order valence-corrected chi connectivity index (χ3v) is 13.7. The van der Waals surface area contributed by atoms with Gasteiger partial charge in [0, 0.05) is 62.8 Å². The first-order chi connectivity index (χ1) is 39.6. The summed E-state index contributed by atoms with van der Waals surface area (Å²) in [4.78, 5) is 36.6. The lowest BCUT2D eigenvalue weighted by Gasteiger charge is -2.24. The quantitative estimate of drug-likeness (QED) is 0.115. The lowest BCUT2D eigenvalue weighted by Crippen LogP contribution is -2.36. The highest BCUT2D eigenvalue weighted by Crippen LogP contribution is 2.38. The average molecular weight is 1190 g/mol. The van der Waals surface area contributed by atoms with E-state index in [4.69, 9.17) is 39.3 Å². The molecule has 2 aliphatic heterocycles. The third-order valence-electron chi connectivity index (χ3n) is 13.1. The van der Waals surface area contributed by atoms with Crippen LogP contribution in [0.1, 0.15) is 87.8 Å². The summed E-state index contributed by atoms with van der Waals surface area (Å²) in [5, 5.41) is 33.6. The van der Waals surface area contributed by atoms with E-state index in [0.29, 0.717) is 94.0 Å². The summed E-state index contributed by atoms with van der Waals surface area (Å²) in [7, 11) is 3.28. The Kier molecular flexibility index (Phi) is 19.1. The van der Waals surface area contributed by atoms with Gasteiger partial charge in [-0.05, 0) is 155 Å². The van der Waals surface area contributed by atoms with E-state index in [9.17, 15) is 20.1 Å². The number of methoxy groups -OCH3 is 2. The topological polar surface area (TPSA) is 243 Å². The second-order valence-corrected chi connectivity index (χ2v) is 22.9. The number of hydrogen-bond acceptors (Lipinski definition) is 16. The second kappa shape index (κ2) is 26.3. The maximum Gasteiger partial charge on any atom is 0.410 e. The maximum atomic E-state index is 12.7. The predicted molar refractivity (Wildman–Crippen MR) is 319 cm³/mol. The number of anilines is 1. The van der Waals surface area contributed by atoms with Gasteiger partial charge in [0.25, 0.3) is 0 Å². The van der Waals surface area contributed by atoms with E-state index in [0.717, 1.165) is 58.5 Å². The van der Waals surface area contributed by atoms with Gasteiger partial charge in [-0.15, -0.1) is 0 Å². The molecule has 8 aromatic rings. The first-order valence-electron chi connectivity index (χ1n) is 27.1. The number of ether oxygens (including phenoxy) is 6. The van der Waals surface area contributed by atoms with E-state index in [1.54, 1.807) is 72.8 Å². The molecule has 20 nitrogen and oxygen atoms in total. The summed E-state index contributed by atoms with van der Waals surface area (Å²) in [6, 6.07) is 34.6. The van der Waals surface area contributed by atoms with Crippen LogP contribution in [0.3, 0.4) is 0 Å². The van der Waals surface area contributed by atoms with Crippen LogP contribution in [-0.2, 0) is 22.6 Å². The normalized spacial score (nSPS) is 14.8. The Morgan fingerprint density at radius 3 is 1.55 bits per heavy atom. The molecule has 0 spiro atoms. The average Bonchev–Trinajstić information content (AvgIpc) is 3.36. The third kappa shape index (κ3) is 15.8. The molecule has 6 heterocycles. The number of carbonyl (C=O) groups is 2. The van der Waals surface area contributed by atoms with E-state index in [1.165, 1.54) is 0 Å². The molecular weight excluding hydrogens is 1120 g/mol. The van der Waals surface area contributed by atoms with Gasteiger partial charge in [0.05, 0.1) is 43.8 Å². The number of hydrogen-bond donors (Lipinski definition) is 2. The smallest absolute Gasteiger partial charge is 0.410 e. The van der Waals surface area contributed by atoms with Gasteiger partial charge in [-0.1, -0.05) is 36.4 Å². The molecule has 0 saturated carbocycles.